The second-order valence-electron chi connectivity index (χ2n) is 4.32. The summed E-state index contributed by atoms with van der Waals surface area (Å²) in [5.41, 5.74) is 5.64. The average Bonchev–Trinajstić information content (AvgIpc) is 2.67. The minimum Gasteiger partial charge on any atom is -0.382 e. The fourth-order valence-corrected chi connectivity index (χ4v) is 3.45. The summed E-state index contributed by atoms with van der Waals surface area (Å²) in [6.45, 7) is 4.28. The summed E-state index contributed by atoms with van der Waals surface area (Å²) in [4.78, 5) is 2.19. The Morgan fingerprint density at radius 2 is 2.11 bits per heavy atom. The van der Waals surface area contributed by atoms with Crippen LogP contribution >= 0.6 is 11.5 Å². The van der Waals surface area contributed by atoms with Crippen LogP contribution in [0.5, 0.6) is 0 Å². The van der Waals surface area contributed by atoms with Gasteiger partial charge in [0.1, 0.15) is 9.90 Å². The molecule has 0 aliphatic rings. The second kappa shape index (κ2) is 5.85. The third-order valence-electron chi connectivity index (χ3n) is 2.80. The summed E-state index contributed by atoms with van der Waals surface area (Å²) in [7, 11) is 0.601. The first-order valence-corrected chi connectivity index (χ1v) is 8.10. The van der Waals surface area contributed by atoms with E-state index in [0.29, 0.717) is 11.5 Å². The van der Waals surface area contributed by atoms with E-state index < -0.39 is 9.84 Å². The maximum atomic E-state index is 11.9. The summed E-state index contributed by atoms with van der Waals surface area (Å²) in [5, 5.41) is 3.64. The Bertz CT molecular complexity index is 496. The van der Waals surface area contributed by atoms with Gasteiger partial charge in [0.2, 0.25) is 0 Å². The Kier molecular flexibility index (Phi) is 4.94. The molecule has 1 rings (SSSR count). The van der Waals surface area contributed by atoms with Crippen LogP contribution in [0.2, 0.25) is 0 Å². The smallest absolute Gasteiger partial charge is 0.184 e. The van der Waals surface area contributed by atoms with E-state index in [2.05, 4.69) is 9.69 Å². The standard InChI is InChI=1S/C10H20N4O2S2/c1-5-18(15,16)8-9(11)13-17-10(8)12-6-7(2)14(3)4/h7,12H,5-6H2,1-4H3,(H2,11,13). The molecule has 0 aliphatic carbocycles. The van der Waals surface area contributed by atoms with E-state index in [1.54, 1.807) is 6.92 Å². The maximum Gasteiger partial charge on any atom is 0.184 e. The van der Waals surface area contributed by atoms with Gasteiger partial charge in [-0.1, -0.05) is 6.92 Å². The molecular weight excluding hydrogens is 272 g/mol. The highest BCUT2D eigenvalue weighted by molar-refractivity contribution is 7.91. The number of aromatic nitrogens is 1. The van der Waals surface area contributed by atoms with Gasteiger partial charge in [-0.15, -0.1) is 0 Å². The zero-order valence-corrected chi connectivity index (χ0v) is 12.7. The normalized spacial score (nSPS) is 13.8. The first-order valence-electron chi connectivity index (χ1n) is 5.67. The molecule has 1 atom stereocenters. The minimum atomic E-state index is -3.34. The summed E-state index contributed by atoms with van der Waals surface area (Å²) >= 11 is 1.09. The Labute approximate surface area is 112 Å². The second-order valence-corrected chi connectivity index (χ2v) is 7.31. The van der Waals surface area contributed by atoms with Crippen molar-refractivity contribution in [2.24, 2.45) is 0 Å². The van der Waals surface area contributed by atoms with E-state index >= 15 is 0 Å². The number of likely N-dealkylation sites (N-methyl/N-ethyl adjacent to an activating group) is 1. The summed E-state index contributed by atoms with van der Waals surface area (Å²) < 4.78 is 27.8. The topological polar surface area (TPSA) is 88.3 Å². The van der Waals surface area contributed by atoms with Crippen molar-refractivity contribution in [2.45, 2.75) is 24.8 Å². The summed E-state index contributed by atoms with van der Waals surface area (Å²) in [6.07, 6.45) is 0. The zero-order valence-electron chi connectivity index (χ0n) is 11.1. The molecule has 1 unspecified atom stereocenters. The van der Waals surface area contributed by atoms with Crippen LogP contribution in [-0.4, -0.2) is 50.1 Å². The predicted molar refractivity (Wildman–Crippen MR) is 75.9 cm³/mol. The SMILES string of the molecule is CCS(=O)(=O)c1c(N)nsc1NCC(C)N(C)C. The molecule has 6 nitrogen and oxygen atoms in total. The summed E-state index contributed by atoms with van der Waals surface area (Å²) in [6, 6.07) is 0.283. The Hall–Kier alpha value is -0.860. The molecule has 0 saturated carbocycles. The van der Waals surface area contributed by atoms with Crippen molar-refractivity contribution in [3.63, 3.8) is 0 Å². The Balaban J connectivity index is 2.92. The highest BCUT2D eigenvalue weighted by Gasteiger charge is 2.24. The van der Waals surface area contributed by atoms with Crippen molar-refractivity contribution in [1.29, 1.82) is 0 Å². The van der Waals surface area contributed by atoms with Crippen molar-refractivity contribution in [1.82, 2.24) is 9.27 Å². The van der Waals surface area contributed by atoms with Gasteiger partial charge in [-0.3, -0.25) is 0 Å². The monoisotopic (exact) mass is 292 g/mol. The molecule has 0 saturated heterocycles. The third kappa shape index (κ3) is 3.33. The number of hydrogen-bond donors (Lipinski definition) is 2. The number of anilines is 2. The number of rotatable bonds is 6. The lowest BCUT2D eigenvalue weighted by Gasteiger charge is -2.20. The molecule has 0 radical (unpaired) electrons. The van der Waals surface area contributed by atoms with E-state index in [1.807, 2.05) is 25.9 Å². The number of nitrogen functional groups attached to an aromatic ring is 1. The number of sulfone groups is 1. The first-order chi connectivity index (χ1) is 8.29. The molecule has 3 N–H and O–H groups in total. The number of hydrogen-bond acceptors (Lipinski definition) is 7. The van der Waals surface area contributed by atoms with Crippen LogP contribution < -0.4 is 11.1 Å². The largest absolute Gasteiger partial charge is 0.382 e. The van der Waals surface area contributed by atoms with Crippen molar-refractivity contribution in [3.8, 4) is 0 Å². The van der Waals surface area contributed by atoms with Crippen LogP contribution in [0.3, 0.4) is 0 Å². The number of nitrogens with two attached hydrogens (primary N) is 1. The van der Waals surface area contributed by atoms with Gasteiger partial charge in [-0.25, -0.2) is 8.42 Å². The van der Waals surface area contributed by atoms with Crippen molar-refractivity contribution in [3.05, 3.63) is 0 Å². The van der Waals surface area contributed by atoms with Crippen molar-refractivity contribution in [2.75, 3.05) is 37.4 Å². The molecule has 104 valence electrons. The van der Waals surface area contributed by atoms with Gasteiger partial charge < -0.3 is 16.0 Å². The molecule has 0 fully saturated rings. The molecule has 8 heteroatoms. The van der Waals surface area contributed by atoms with Crippen LogP contribution in [0.4, 0.5) is 10.8 Å². The van der Waals surface area contributed by atoms with Gasteiger partial charge in [0.25, 0.3) is 0 Å². The predicted octanol–water partition coefficient (Wildman–Crippen LogP) is 0.881. The summed E-state index contributed by atoms with van der Waals surface area (Å²) in [5.74, 6) is 0.106. The highest BCUT2D eigenvalue weighted by Crippen LogP contribution is 2.32. The lowest BCUT2D eigenvalue weighted by atomic mass is 10.3. The van der Waals surface area contributed by atoms with E-state index in [9.17, 15) is 8.42 Å². The van der Waals surface area contributed by atoms with E-state index in [-0.39, 0.29) is 22.5 Å². The van der Waals surface area contributed by atoms with Gasteiger partial charge in [0.15, 0.2) is 15.7 Å². The van der Waals surface area contributed by atoms with Crippen LogP contribution in [0, 0.1) is 0 Å². The molecule has 1 aromatic heterocycles. The number of nitrogens with one attached hydrogen (secondary N) is 1. The molecule has 1 aromatic rings. The highest BCUT2D eigenvalue weighted by atomic mass is 32.2. The molecule has 0 aliphatic heterocycles. The quantitative estimate of drug-likeness (QED) is 0.809. The van der Waals surface area contributed by atoms with E-state index in [4.69, 9.17) is 5.73 Å². The fourth-order valence-electron chi connectivity index (χ4n) is 1.27. The Morgan fingerprint density at radius 3 is 2.61 bits per heavy atom. The van der Waals surface area contributed by atoms with Gasteiger partial charge in [0, 0.05) is 12.6 Å². The molecular formula is C10H20N4O2S2. The van der Waals surface area contributed by atoms with Crippen LogP contribution in [0.15, 0.2) is 4.90 Å². The van der Waals surface area contributed by atoms with Crippen LogP contribution in [0.1, 0.15) is 13.8 Å². The van der Waals surface area contributed by atoms with Crippen LogP contribution in [-0.2, 0) is 9.84 Å². The minimum absolute atomic E-state index is 0.0214. The molecule has 18 heavy (non-hydrogen) atoms. The van der Waals surface area contributed by atoms with Crippen LogP contribution in [0.25, 0.3) is 0 Å². The first kappa shape index (κ1) is 15.2. The molecule has 1 heterocycles. The van der Waals surface area contributed by atoms with Gasteiger partial charge in [0.05, 0.1) is 5.75 Å². The van der Waals surface area contributed by atoms with E-state index in [1.165, 1.54) is 0 Å². The molecule has 0 bridgehead atoms. The molecule has 0 amide bonds. The molecule has 0 spiro atoms. The van der Waals surface area contributed by atoms with Gasteiger partial charge in [-0.05, 0) is 32.6 Å². The zero-order chi connectivity index (χ0) is 13.9. The third-order valence-corrected chi connectivity index (χ3v) is 5.55. The van der Waals surface area contributed by atoms with Gasteiger partial charge >= 0.3 is 0 Å². The van der Waals surface area contributed by atoms with E-state index in [0.717, 1.165) is 11.5 Å². The molecule has 0 aromatic carbocycles. The van der Waals surface area contributed by atoms with Crippen molar-refractivity contribution >= 4 is 32.2 Å². The number of nitrogens with zero attached hydrogens (tertiary/aromatic N) is 2. The maximum absolute atomic E-state index is 11.9. The fraction of sp³-hybridized carbons (Fsp3) is 0.700. The van der Waals surface area contributed by atoms with Crippen molar-refractivity contribution < 1.29 is 8.42 Å². The average molecular weight is 292 g/mol. The lowest BCUT2D eigenvalue weighted by Crippen LogP contribution is -2.31. The Morgan fingerprint density at radius 1 is 1.50 bits per heavy atom. The lowest BCUT2D eigenvalue weighted by molar-refractivity contribution is 0.326. The van der Waals surface area contributed by atoms with Gasteiger partial charge in [-0.2, -0.15) is 4.37 Å².